The first kappa shape index (κ1) is 14.7. The molecule has 1 aliphatic rings. The molecule has 1 atom stereocenters. The zero-order valence-corrected chi connectivity index (χ0v) is 13.7. The number of hydrogen-bond donors (Lipinski definition) is 1. The highest BCUT2D eigenvalue weighted by Crippen LogP contribution is 2.30. The minimum atomic E-state index is -0.309. The van der Waals surface area contributed by atoms with Crippen molar-refractivity contribution in [2.24, 2.45) is 0 Å². The van der Waals surface area contributed by atoms with E-state index in [0.29, 0.717) is 6.54 Å². The van der Waals surface area contributed by atoms with Gasteiger partial charge >= 0.3 is 0 Å². The van der Waals surface area contributed by atoms with Gasteiger partial charge in [0, 0.05) is 30.0 Å². The number of fused-ring (bicyclic) bond motifs is 1. The largest absolute Gasteiger partial charge is 0.394 e. The molecule has 0 spiro atoms. The number of nitrogens with zero attached hydrogens (tertiary/aromatic N) is 3. The topological polar surface area (TPSA) is 58.5 Å². The second kappa shape index (κ2) is 5.51. The van der Waals surface area contributed by atoms with Crippen LogP contribution in [0, 0.1) is 0 Å². The number of aromatic nitrogens is 2. The van der Waals surface area contributed by atoms with Crippen LogP contribution in [-0.4, -0.2) is 46.5 Å². The number of halogens is 1. The molecule has 1 unspecified atom stereocenters. The first-order valence-corrected chi connectivity index (χ1v) is 7.72. The average molecular weight is 352 g/mol. The van der Waals surface area contributed by atoms with E-state index in [4.69, 9.17) is 4.74 Å². The first-order chi connectivity index (χ1) is 9.98. The van der Waals surface area contributed by atoms with Gasteiger partial charge in [-0.1, -0.05) is 0 Å². The van der Waals surface area contributed by atoms with Gasteiger partial charge in [-0.3, -0.25) is 9.97 Å². The summed E-state index contributed by atoms with van der Waals surface area (Å²) in [6.45, 7) is 5.49. The van der Waals surface area contributed by atoms with Gasteiger partial charge in [-0.15, -0.1) is 0 Å². The lowest BCUT2D eigenvalue weighted by Crippen LogP contribution is -2.54. The maximum absolute atomic E-state index is 9.45. The molecule has 1 aliphatic heterocycles. The third-order valence-electron chi connectivity index (χ3n) is 3.55. The quantitative estimate of drug-likeness (QED) is 0.899. The number of aliphatic hydroxyl groups excluding tert-OH is 1. The van der Waals surface area contributed by atoms with E-state index in [1.54, 1.807) is 12.4 Å². The Kier molecular flexibility index (Phi) is 3.86. The summed E-state index contributed by atoms with van der Waals surface area (Å²) >= 11 is 3.42. The normalized spacial score (nSPS) is 21.7. The number of aliphatic hydroxyl groups is 1. The fourth-order valence-electron chi connectivity index (χ4n) is 2.82. The molecule has 1 fully saturated rings. The molecule has 1 N–H and O–H groups in total. The van der Waals surface area contributed by atoms with Crippen LogP contribution in [0.5, 0.6) is 0 Å². The Labute approximate surface area is 132 Å². The minimum Gasteiger partial charge on any atom is -0.394 e. The zero-order chi connectivity index (χ0) is 15.0. The maximum atomic E-state index is 9.45. The summed E-state index contributed by atoms with van der Waals surface area (Å²) in [5, 5.41) is 9.45. The molecule has 5 nitrogen and oxygen atoms in total. The van der Waals surface area contributed by atoms with Gasteiger partial charge in [-0.05, 0) is 41.9 Å². The van der Waals surface area contributed by atoms with Crippen LogP contribution in [0.15, 0.2) is 29.0 Å². The van der Waals surface area contributed by atoms with Crippen molar-refractivity contribution in [3.8, 4) is 0 Å². The van der Waals surface area contributed by atoms with E-state index in [-0.39, 0.29) is 18.3 Å². The molecule has 112 valence electrons. The Morgan fingerprint density at radius 1 is 1.48 bits per heavy atom. The summed E-state index contributed by atoms with van der Waals surface area (Å²) in [5.74, 6) is 0. The van der Waals surface area contributed by atoms with Crippen molar-refractivity contribution in [2.45, 2.75) is 25.6 Å². The number of pyridine rings is 2. The number of rotatable bonds is 2. The highest BCUT2D eigenvalue weighted by Gasteiger charge is 2.33. The third-order valence-corrected chi connectivity index (χ3v) is 3.98. The molecule has 0 bridgehead atoms. The van der Waals surface area contributed by atoms with Crippen LogP contribution in [0.1, 0.15) is 13.8 Å². The first-order valence-electron chi connectivity index (χ1n) is 6.92. The highest BCUT2D eigenvalue weighted by molar-refractivity contribution is 9.10. The van der Waals surface area contributed by atoms with Crippen LogP contribution in [0.2, 0.25) is 0 Å². The Morgan fingerprint density at radius 2 is 2.29 bits per heavy atom. The van der Waals surface area contributed by atoms with Crippen LogP contribution < -0.4 is 4.90 Å². The molecule has 21 heavy (non-hydrogen) atoms. The summed E-state index contributed by atoms with van der Waals surface area (Å²) in [7, 11) is 0. The van der Waals surface area contributed by atoms with Gasteiger partial charge in [-0.2, -0.15) is 0 Å². The molecule has 2 aromatic rings. The molecule has 0 radical (unpaired) electrons. The maximum Gasteiger partial charge on any atom is 0.112 e. The Morgan fingerprint density at radius 3 is 3.05 bits per heavy atom. The van der Waals surface area contributed by atoms with Crippen molar-refractivity contribution in [3.05, 3.63) is 29.0 Å². The molecular formula is C15H18BrN3O2. The van der Waals surface area contributed by atoms with Crippen molar-refractivity contribution in [3.63, 3.8) is 0 Å². The lowest BCUT2D eigenvalue weighted by Gasteiger charge is -2.43. The summed E-state index contributed by atoms with van der Waals surface area (Å²) in [6, 6.07) is 3.93. The number of ether oxygens (including phenoxy) is 1. The predicted octanol–water partition coefficient (Wildman–Crippen LogP) is 2.37. The van der Waals surface area contributed by atoms with Gasteiger partial charge in [0.15, 0.2) is 0 Å². The molecule has 0 aromatic carbocycles. The van der Waals surface area contributed by atoms with Crippen LogP contribution >= 0.6 is 15.9 Å². The van der Waals surface area contributed by atoms with E-state index in [9.17, 15) is 5.11 Å². The molecule has 3 heterocycles. The molecule has 2 aromatic heterocycles. The van der Waals surface area contributed by atoms with Gasteiger partial charge in [0.05, 0.1) is 29.5 Å². The number of morpholine rings is 1. The zero-order valence-electron chi connectivity index (χ0n) is 12.1. The minimum absolute atomic E-state index is 0.0158. The Hall–Kier alpha value is -1.24. The van der Waals surface area contributed by atoms with Crippen molar-refractivity contribution < 1.29 is 9.84 Å². The van der Waals surface area contributed by atoms with Gasteiger partial charge in [0.2, 0.25) is 0 Å². The molecular weight excluding hydrogens is 334 g/mol. The van der Waals surface area contributed by atoms with Crippen molar-refractivity contribution in [2.75, 3.05) is 24.6 Å². The predicted molar refractivity (Wildman–Crippen MR) is 85.5 cm³/mol. The fraction of sp³-hybridized carbons (Fsp3) is 0.467. The molecule has 6 heteroatoms. The molecule has 3 rings (SSSR count). The van der Waals surface area contributed by atoms with Crippen LogP contribution in [0.4, 0.5) is 5.69 Å². The van der Waals surface area contributed by atoms with Crippen molar-refractivity contribution in [1.82, 2.24) is 9.97 Å². The van der Waals surface area contributed by atoms with Gasteiger partial charge in [0.1, 0.15) is 5.52 Å². The molecule has 0 amide bonds. The van der Waals surface area contributed by atoms with Crippen LogP contribution in [-0.2, 0) is 4.74 Å². The van der Waals surface area contributed by atoms with E-state index >= 15 is 0 Å². The second-order valence-corrected chi connectivity index (χ2v) is 6.83. The van der Waals surface area contributed by atoms with Gasteiger partial charge < -0.3 is 14.7 Å². The summed E-state index contributed by atoms with van der Waals surface area (Å²) in [4.78, 5) is 11.1. The molecule has 0 aliphatic carbocycles. The number of anilines is 1. The van der Waals surface area contributed by atoms with E-state index in [1.807, 2.05) is 26.0 Å². The summed E-state index contributed by atoms with van der Waals surface area (Å²) in [5.41, 5.74) is 2.44. The fourth-order valence-corrected chi connectivity index (χ4v) is 3.14. The average Bonchev–Trinajstić information content (AvgIpc) is 2.44. The van der Waals surface area contributed by atoms with E-state index < -0.39 is 0 Å². The van der Waals surface area contributed by atoms with Gasteiger partial charge in [0.25, 0.3) is 0 Å². The standard InChI is InChI=1S/C15H18BrN3O2/c1-15(2)9-19(7-11(8-20)21-15)13-3-4-17-12-5-10(16)6-18-14(12)13/h3-6,11,20H,7-9H2,1-2H3. The van der Waals surface area contributed by atoms with E-state index in [1.165, 1.54) is 0 Å². The highest BCUT2D eigenvalue weighted by atomic mass is 79.9. The lowest BCUT2D eigenvalue weighted by atomic mass is 10.0. The Balaban J connectivity index is 2.03. The SMILES string of the molecule is CC1(C)CN(c2ccnc3cc(Br)cnc23)CC(CO)O1. The van der Waals surface area contributed by atoms with Gasteiger partial charge in [-0.25, -0.2) is 0 Å². The van der Waals surface area contributed by atoms with E-state index in [0.717, 1.165) is 27.7 Å². The van der Waals surface area contributed by atoms with Crippen molar-refractivity contribution >= 4 is 32.7 Å². The molecule has 0 saturated carbocycles. The Bertz CT molecular complexity index is 662. The lowest BCUT2D eigenvalue weighted by molar-refractivity contribution is -0.100. The second-order valence-electron chi connectivity index (χ2n) is 5.91. The van der Waals surface area contributed by atoms with Crippen molar-refractivity contribution in [1.29, 1.82) is 0 Å². The van der Waals surface area contributed by atoms with Crippen LogP contribution in [0.3, 0.4) is 0 Å². The third kappa shape index (κ3) is 3.02. The summed E-state index contributed by atoms with van der Waals surface area (Å²) < 4.78 is 6.78. The monoisotopic (exact) mass is 351 g/mol. The molecule has 1 saturated heterocycles. The van der Waals surface area contributed by atoms with E-state index in [2.05, 4.69) is 30.8 Å². The van der Waals surface area contributed by atoms with Crippen LogP contribution in [0.25, 0.3) is 11.0 Å². The summed E-state index contributed by atoms with van der Waals surface area (Å²) in [6.07, 6.45) is 3.39. The number of hydrogen-bond acceptors (Lipinski definition) is 5. The smallest absolute Gasteiger partial charge is 0.112 e.